The summed E-state index contributed by atoms with van der Waals surface area (Å²) in [6, 6.07) is 13.3. The van der Waals surface area contributed by atoms with Crippen LogP contribution in [0.3, 0.4) is 0 Å². The van der Waals surface area contributed by atoms with Crippen molar-refractivity contribution in [2.45, 2.75) is 47.3 Å². The third-order valence-corrected chi connectivity index (χ3v) is 6.16. The molecule has 6 nitrogen and oxygen atoms in total. The van der Waals surface area contributed by atoms with E-state index < -0.39 is 24.2 Å². The van der Waals surface area contributed by atoms with Crippen LogP contribution in [0.2, 0.25) is 10.0 Å². The van der Waals surface area contributed by atoms with Gasteiger partial charge in [0.25, 0.3) is 0 Å². The lowest BCUT2D eigenvalue weighted by atomic mass is 9.98. The molecular weight excluding hydrogens is 532 g/mol. The zero-order chi connectivity index (χ0) is 28.1. The van der Waals surface area contributed by atoms with Gasteiger partial charge in [-0.25, -0.2) is 14.1 Å². The maximum absolute atomic E-state index is 13.8. The standard InChI is InChI=1S/C29H28Cl2FNO5/c1-16(2)12-27(34)37-19(5)38-29(36)33(26-11-7-21(32)14-18(26)4)22-8-10-24(25(31)15-22)28(35)23-9-6-20(30)13-17(23)3/h6-11,13-16,19H,12H2,1-5H3. The second-order valence-corrected chi connectivity index (χ2v) is 10.1. The molecule has 0 saturated heterocycles. The number of carbonyl (C=O) groups is 3. The van der Waals surface area contributed by atoms with Gasteiger partial charge in [0.2, 0.25) is 6.29 Å². The molecule has 9 heteroatoms. The molecule has 0 aromatic heterocycles. The van der Waals surface area contributed by atoms with Crippen LogP contribution in [0.4, 0.5) is 20.6 Å². The molecule has 0 N–H and O–H groups in total. The van der Waals surface area contributed by atoms with Gasteiger partial charge in [-0.15, -0.1) is 0 Å². The molecule has 200 valence electrons. The molecule has 3 rings (SSSR count). The van der Waals surface area contributed by atoms with Crippen LogP contribution in [-0.4, -0.2) is 24.1 Å². The number of carbonyl (C=O) groups excluding carboxylic acids is 3. The van der Waals surface area contributed by atoms with Crippen LogP contribution in [0.25, 0.3) is 0 Å². The number of hydrogen-bond acceptors (Lipinski definition) is 5. The van der Waals surface area contributed by atoms with E-state index in [-0.39, 0.29) is 34.4 Å². The van der Waals surface area contributed by atoms with Gasteiger partial charge < -0.3 is 9.47 Å². The summed E-state index contributed by atoms with van der Waals surface area (Å²) in [7, 11) is 0. The van der Waals surface area contributed by atoms with E-state index in [0.29, 0.717) is 27.4 Å². The van der Waals surface area contributed by atoms with E-state index in [1.54, 1.807) is 32.0 Å². The minimum Gasteiger partial charge on any atom is -0.425 e. The number of anilines is 2. The third kappa shape index (κ3) is 7.11. The molecule has 0 heterocycles. The van der Waals surface area contributed by atoms with Gasteiger partial charge in [-0.05, 0) is 85.5 Å². The van der Waals surface area contributed by atoms with Crippen LogP contribution in [0, 0.1) is 25.6 Å². The number of esters is 1. The first-order chi connectivity index (χ1) is 17.9. The molecule has 1 amide bonds. The predicted molar refractivity (Wildman–Crippen MR) is 146 cm³/mol. The van der Waals surface area contributed by atoms with Gasteiger partial charge in [-0.1, -0.05) is 37.0 Å². The van der Waals surface area contributed by atoms with Crippen molar-refractivity contribution in [2.24, 2.45) is 5.92 Å². The first-order valence-corrected chi connectivity index (χ1v) is 12.7. The molecule has 0 saturated carbocycles. The molecular formula is C29H28Cl2FNO5. The molecule has 3 aromatic carbocycles. The highest BCUT2D eigenvalue weighted by Gasteiger charge is 2.26. The van der Waals surface area contributed by atoms with E-state index in [0.717, 1.165) is 0 Å². The van der Waals surface area contributed by atoms with Gasteiger partial charge in [0, 0.05) is 29.5 Å². The van der Waals surface area contributed by atoms with Gasteiger partial charge in [0.15, 0.2) is 5.78 Å². The summed E-state index contributed by atoms with van der Waals surface area (Å²) >= 11 is 12.5. The second-order valence-electron chi connectivity index (χ2n) is 9.26. The maximum atomic E-state index is 13.8. The number of amides is 1. The van der Waals surface area contributed by atoms with Crippen molar-refractivity contribution in [1.29, 1.82) is 0 Å². The molecule has 0 bridgehead atoms. The smallest absolute Gasteiger partial charge is 0.422 e. The van der Waals surface area contributed by atoms with E-state index in [9.17, 15) is 18.8 Å². The molecule has 0 fully saturated rings. The fourth-order valence-corrected chi connectivity index (χ4v) is 4.34. The maximum Gasteiger partial charge on any atom is 0.422 e. The first-order valence-electron chi connectivity index (χ1n) is 11.9. The van der Waals surface area contributed by atoms with Crippen molar-refractivity contribution < 1.29 is 28.2 Å². The summed E-state index contributed by atoms with van der Waals surface area (Å²) in [4.78, 5) is 39.7. The fraction of sp³-hybridized carbons (Fsp3) is 0.276. The average Bonchev–Trinajstić information content (AvgIpc) is 2.79. The number of ketones is 1. The molecule has 38 heavy (non-hydrogen) atoms. The van der Waals surface area contributed by atoms with Crippen molar-refractivity contribution in [3.8, 4) is 0 Å². The minimum absolute atomic E-state index is 0.0730. The molecule has 0 spiro atoms. The summed E-state index contributed by atoms with van der Waals surface area (Å²) in [6.07, 6.45) is -1.89. The van der Waals surface area contributed by atoms with E-state index in [2.05, 4.69) is 0 Å². The van der Waals surface area contributed by atoms with E-state index in [1.165, 1.54) is 48.2 Å². The monoisotopic (exact) mass is 559 g/mol. The largest absolute Gasteiger partial charge is 0.425 e. The van der Waals surface area contributed by atoms with Gasteiger partial charge in [0.05, 0.1) is 16.4 Å². The highest BCUT2D eigenvalue weighted by atomic mass is 35.5. The normalized spacial score (nSPS) is 11.7. The Balaban J connectivity index is 1.96. The van der Waals surface area contributed by atoms with Gasteiger partial charge >= 0.3 is 12.1 Å². The van der Waals surface area contributed by atoms with Crippen LogP contribution in [0.15, 0.2) is 54.6 Å². The SMILES string of the molecule is Cc1cc(Cl)ccc1C(=O)c1ccc(N(C(=O)OC(C)OC(=O)CC(C)C)c2ccc(F)cc2C)cc1Cl. The number of benzene rings is 3. The Labute approximate surface area is 231 Å². The number of rotatable bonds is 8. The lowest BCUT2D eigenvalue weighted by Crippen LogP contribution is -2.32. The third-order valence-electron chi connectivity index (χ3n) is 5.61. The summed E-state index contributed by atoms with van der Waals surface area (Å²) in [6.45, 7) is 8.56. The Morgan fingerprint density at radius 1 is 0.868 bits per heavy atom. The van der Waals surface area contributed by atoms with Gasteiger partial charge in [0.1, 0.15) is 5.82 Å². The zero-order valence-corrected chi connectivity index (χ0v) is 23.2. The van der Waals surface area contributed by atoms with Crippen LogP contribution in [-0.2, 0) is 14.3 Å². The Kier molecular flexibility index (Phi) is 9.52. The molecule has 0 aliphatic carbocycles. The Bertz CT molecular complexity index is 1380. The molecule has 0 aliphatic heterocycles. The zero-order valence-electron chi connectivity index (χ0n) is 21.7. The molecule has 1 unspecified atom stereocenters. The van der Waals surface area contributed by atoms with Crippen molar-refractivity contribution >= 4 is 52.4 Å². The summed E-state index contributed by atoms with van der Waals surface area (Å²) in [5.74, 6) is -1.22. The number of nitrogens with zero attached hydrogens (tertiary/aromatic N) is 1. The Morgan fingerprint density at radius 3 is 2.16 bits per heavy atom. The van der Waals surface area contributed by atoms with Crippen LogP contribution in [0.1, 0.15) is 54.2 Å². The minimum atomic E-state index is -1.18. The second kappa shape index (κ2) is 12.4. The fourth-order valence-electron chi connectivity index (χ4n) is 3.85. The van der Waals surface area contributed by atoms with Crippen molar-refractivity contribution in [3.05, 3.63) is 92.7 Å². The van der Waals surface area contributed by atoms with E-state index >= 15 is 0 Å². The molecule has 1 atom stereocenters. The van der Waals surface area contributed by atoms with Crippen molar-refractivity contribution in [1.82, 2.24) is 0 Å². The highest BCUT2D eigenvalue weighted by molar-refractivity contribution is 6.35. The Hall–Kier alpha value is -3.42. The summed E-state index contributed by atoms with van der Waals surface area (Å²) in [5.41, 5.74) is 2.38. The van der Waals surface area contributed by atoms with E-state index in [4.69, 9.17) is 32.7 Å². The number of halogens is 3. The summed E-state index contributed by atoms with van der Waals surface area (Å²) in [5, 5.41) is 0.601. The highest BCUT2D eigenvalue weighted by Crippen LogP contribution is 2.34. The van der Waals surface area contributed by atoms with Gasteiger partial charge in [-0.2, -0.15) is 0 Å². The number of aryl methyl sites for hydroxylation is 2. The van der Waals surface area contributed by atoms with Crippen LogP contribution < -0.4 is 4.90 Å². The number of hydrogen-bond donors (Lipinski definition) is 0. The lowest BCUT2D eigenvalue weighted by molar-refractivity contribution is -0.165. The Morgan fingerprint density at radius 2 is 1.55 bits per heavy atom. The topological polar surface area (TPSA) is 72.9 Å². The molecule has 0 radical (unpaired) electrons. The van der Waals surface area contributed by atoms with Crippen molar-refractivity contribution in [3.63, 3.8) is 0 Å². The number of ether oxygens (including phenoxy) is 2. The lowest BCUT2D eigenvalue weighted by Gasteiger charge is -2.26. The van der Waals surface area contributed by atoms with Gasteiger partial charge in [-0.3, -0.25) is 9.59 Å². The van der Waals surface area contributed by atoms with Crippen LogP contribution in [0.5, 0.6) is 0 Å². The quantitative estimate of drug-likeness (QED) is 0.158. The van der Waals surface area contributed by atoms with E-state index in [1.807, 2.05) is 13.8 Å². The summed E-state index contributed by atoms with van der Waals surface area (Å²) < 4.78 is 24.4. The van der Waals surface area contributed by atoms with Crippen molar-refractivity contribution in [2.75, 3.05) is 4.90 Å². The average molecular weight is 560 g/mol. The first kappa shape index (κ1) is 29.1. The predicted octanol–water partition coefficient (Wildman–Crippen LogP) is 8.19. The molecule has 0 aliphatic rings. The molecule has 3 aromatic rings. The van der Waals surface area contributed by atoms with Crippen LogP contribution >= 0.6 is 23.2 Å².